The van der Waals surface area contributed by atoms with E-state index in [2.05, 4.69) is 4.99 Å². The molecule has 2 rings (SSSR count). The molecule has 0 saturated carbocycles. The van der Waals surface area contributed by atoms with Crippen molar-refractivity contribution in [3.63, 3.8) is 0 Å². The van der Waals surface area contributed by atoms with Crippen molar-refractivity contribution in [3.05, 3.63) is 70.3 Å². The summed E-state index contributed by atoms with van der Waals surface area (Å²) in [6.07, 6.45) is -3.57. The van der Waals surface area contributed by atoms with E-state index in [1.54, 1.807) is 37.3 Å². The van der Waals surface area contributed by atoms with Crippen molar-refractivity contribution in [1.29, 1.82) is 0 Å². The van der Waals surface area contributed by atoms with E-state index in [0.29, 0.717) is 34.1 Å². The van der Waals surface area contributed by atoms with Crippen LogP contribution in [0.15, 0.2) is 53.5 Å². The summed E-state index contributed by atoms with van der Waals surface area (Å²) in [5.74, 6) is 0.505. The first-order valence-electron chi connectivity index (χ1n) is 9.08. The summed E-state index contributed by atoms with van der Waals surface area (Å²) in [6.45, 7) is 5.51. The number of halogens is 4. The van der Waals surface area contributed by atoms with Crippen LogP contribution < -0.4 is 4.74 Å². The Morgan fingerprint density at radius 3 is 2.28 bits per heavy atom. The summed E-state index contributed by atoms with van der Waals surface area (Å²) < 4.78 is 44.3. The standard InChI is InChI=1S/C20H19ClF3NO2.C2H6/c1-13(9-19(25-2)20(22,23)24)18-8-7-17(10-15(18)11-26)27-12-14-3-5-16(21)6-4-14;1-2/h3-10,26H,11-12H2,1-2H3;1-2H3/b13-9+,25-19?;. The maximum Gasteiger partial charge on any atom is 0.432 e. The summed E-state index contributed by atoms with van der Waals surface area (Å²) in [5, 5.41) is 10.2. The smallest absolute Gasteiger partial charge is 0.432 e. The zero-order valence-electron chi connectivity index (χ0n) is 16.8. The van der Waals surface area contributed by atoms with Gasteiger partial charge in [0.25, 0.3) is 0 Å². The third kappa shape index (κ3) is 7.55. The largest absolute Gasteiger partial charge is 0.489 e. The van der Waals surface area contributed by atoms with Crippen LogP contribution in [0.4, 0.5) is 13.2 Å². The fraction of sp³-hybridized carbons (Fsp3) is 0.318. The number of hydrogen-bond donors (Lipinski definition) is 1. The summed E-state index contributed by atoms with van der Waals surface area (Å²) >= 11 is 5.84. The monoisotopic (exact) mass is 427 g/mol. The minimum absolute atomic E-state index is 0.302. The number of aliphatic imine (C=N–C) groups is 1. The Labute approximate surface area is 174 Å². The van der Waals surface area contributed by atoms with Crippen molar-refractivity contribution < 1.29 is 23.0 Å². The minimum atomic E-state index is -4.53. The Morgan fingerprint density at radius 1 is 1.14 bits per heavy atom. The first-order chi connectivity index (χ1) is 13.7. The molecule has 0 aliphatic rings. The van der Waals surface area contributed by atoms with Gasteiger partial charge in [0.15, 0.2) is 0 Å². The van der Waals surface area contributed by atoms with Crippen molar-refractivity contribution in [1.82, 2.24) is 0 Å². The fourth-order valence-corrected chi connectivity index (χ4v) is 2.60. The third-order valence-electron chi connectivity index (χ3n) is 3.88. The lowest BCUT2D eigenvalue weighted by atomic mass is 9.99. The molecule has 29 heavy (non-hydrogen) atoms. The van der Waals surface area contributed by atoms with E-state index in [9.17, 15) is 18.3 Å². The molecule has 3 nitrogen and oxygen atoms in total. The van der Waals surface area contributed by atoms with Gasteiger partial charge >= 0.3 is 6.18 Å². The van der Waals surface area contributed by atoms with Crippen LogP contribution in [0.2, 0.25) is 5.02 Å². The van der Waals surface area contributed by atoms with Gasteiger partial charge in [0, 0.05) is 12.1 Å². The summed E-state index contributed by atoms with van der Waals surface area (Å²) in [4.78, 5) is 3.29. The van der Waals surface area contributed by atoms with Crippen LogP contribution >= 0.6 is 11.6 Å². The molecule has 0 radical (unpaired) electrons. The number of alkyl halides is 3. The molecule has 2 aromatic rings. The van der Waals surface area contributed by atoms with Crippen LogP contribution in [0, 0.1) is 0 Å². The second-order valence-electron chi connectivity index (χ2n) is 5.83. The molecule has 0 aromatic heterocycles. The Bertz CT molecular complexity index is 844. The molecule has 0 aliphatic heterocycles. The first kappa shape index (κ1) is 24.7. The molecule has 7 heteroatoms. The van der Waals surface area contributed by atoms with Crippen molar-refractivity contribution in [2.45, 2.75) is 40.2 Å². The molecule has 0 amide bonds. The van der Waals surface area contributed by atoms with E-state index in [4.69, 9.17) is 16.3 Å². The molecule has 0 heterocycles. The predicted octanol–water partition coefficient (Wildman–Crippen LogP) is 6.47. The second kappa shape index (κ2) is 11.6. The van der Waals surface area contributed by atoms with Crippen molar-refractivity contribution in [2.24, 2.45) is 4.99 Å². The lowest BCUT2D eigenvalue weighted by molar-refractivity contribution is -0.0577. The van der Waals surface area contributed by atoms with E-state index in [0.717, 1.165) is 18.7 Å². The Hall–Kier alpha value is -2.31. The molecular formula is C22H25ClF3NO2. The minimum Gasteiger partial charge on any atom is -0.489 e. The van der Waals surface area contributed by atoms with Gasteiger partial charge in [0.2, 0.25) is 0 Å². The highest BCUT2D eigenvalue weighted by Crippen LogP contribution is 2.27. The maximum atomic E-state index is 12.9. The van der Waals surface area contributed by atoms with E-state index < -0.39 is 11.9 Å². The van der Waals surface area contributed by atoms with Crippen LogP contribution in [0.1, 0.15) is 37.5 Å². The van der Waals surface area contributed by atoms with Gasteiger partial charge in [-0.1, -0.05) is 43.6 Å². The van der Waals surface area contributed by atoms with Crippen molar-refractivity contribution in [2.75, 3.05) is 7.05 Å². The molecule has 0 atom stereocenters. The molecular weight excluding hydrogens is 403 g/mol. The number of allylic oxidation sites excluding steroid dienone is 2. The van der Waals surface area contributed by atoms with E-state index in [1.165, 1.54) is 0 Å². The molecule has 1 N–H and O–H groups in total. The SMILES string of the molecule is CC.CN=C(/C=C(\C)c1ccc(OCc2ccc(Cl)cc2)cc1CO)C(F)(F)F. The Morgan fingerprint density at radius 2 is 1.76 bits per heavy atom. The van der Waals surface area contributed by atoms with Crippen molar-refractivity contribution in [3.8, 4) is 5.75 Å². The highest BCUT2D eigenvalue weighted by Gasteiger charge is 2.33. The maximum absolute atomic E-state index is 12.9. The molecule has 0 fully saturated rings. The van der Waals surface area contributed by atoms with Gasteiger partial charge < -0.3 is 9.84 Å². The van der Waals surface area contributed by atoms with E-state index >= 15 is 0 Å². The van der Waals surface area contributed by atoms with E-state index in [-0.39, 0.29) is 6.61 Å². The quantitative estimate of drug-likeness (QED) is 0.536. The van der Waals surface area contributed by atoms with Gasteiger partial charge in [0.05, 0.1) is 6.61 Å². The highest BCUT2D eigenvalue weighted by molar-refractivity contribution is 6.30. The second-order valence-corrected chi connectivity index (χ2v) is 6.26. The average Bonchev–Trinajstić information content (AvgIpc) is 2.71. The first-order valence-corrected chi connectivity index (χ1v) is 9.46. The number of rotatable bonds is 6. The van der Waals surface area contributed by atoms with Gasteiger partial charge in [-0.25, -0.2) is 0 Å². The Balaban J connectivity index is 0.00000204. The van der Waals surface area contributed by atoms with Crippen LogP contribution in [-0.4, -0.2) is 24.0 Å². The van der Waals surface area contributed by atoms with Crippen LogP contribution in [0.25, 0.3) is 5.57 Å². The Kier molecular flexibility index (Phi) is 9.92. The summed E-state index contributed by atoms with van der Waals surface area (Å²) in [7, 11) is 1.09. The van der Waals surface area contributed by atoms with E-state index in [1.807, 2.05) is 26.0 Å². The zero-order valence-corrected chi connectivity index (χ0v) is 17.6. The highest BCUT2D eigenvalue weighted by atomic mass is 35.5. The lowest BCUT2D eigenvalue weighted by Gasteiger charge is -2.13. The number of ether oxygens (including phenoxy) is 1. The molecule has 158 valence electrons. The fourth-order valence-electron chi connectivity index (χ4n) is 2.48. The molecule has 0 unspecified atom stereocenters. The molecule has 0 saturated heterocycles. The zero-order chi connectivity index (χ0) is 22.0. The van der Waals surface area contributed by atoms with Gasteiger partial charge in [0.1, 0.15) is 18.1 Å². The molecule has 2 aromatic carbocycles. The molecule has 0 spiro atoms. The van der Waals surface area contributed by atoms with Gasteiger partial charge in [-0.15, -0.1) is 0 Å². The number of aliphatic hydroxyl groups is 1. The third-order valence-corrected chi connectivity index (χ3v) is 4.13. The summed E-state index contributed by atoms with van der Waals surface area (Å²) in [5.41, 5.74) is 1.25. The summed E-state index contributed by atoms with van der Waals surface area (Å²) in [6, 6.07) is 12.1. The lowest BCUT2D eigenvalue weighted by Crippen LogP contribution is -2.21. The van der Waals surface area contributed by atoms with Gasteiger partial charge in [-0.05, 0) is 59.5 Å². The number of hydrogen-bond acceptors (Lipinski definition) is 3. The van der Waals surface area contributed by atoms with Crippen LogP contribution in [0.3, 0.4) is 0 Å². The normalized spacial score (nSPS) is 12.3. The topological polar surface area (TPSA) is 41.8 Å². The van der Waals surface area contributed by atoms with Gasteiger partial charge in [-0.2, -0.15) is 13.2 Å². The number of benzene rings is 2. The van der Waals surface area contributed by atoms with Gasteiger partial charge in [-0.3, -0.25) is 4.99 Å². The molecule has 0 aliphatic carbocycles. The van der Waals surface area contributed by atoms with Crippen LogP contribution in [-0.2, 0) is 13.2 Å². The number of aliphatic hydroxyl groups excluding tert-OH is 1. The molecule has 0 bridgehead atoms. The van der Waals surface area contributed by atoms with Crippen molar-refractivity contribution >= 4 is 22.9 Å². The van der Waals surface area contributed by atoms with Crippen LogP contribution in [0.5, 0.6) is 5.75 Å². The number of nitrogens with zero attached hydrogens (tertiary/aromatic N) is 1. The average molecular weight is 428 g/mol. The predicted molar refractivity (Wildman–Crippen MR) is 113 cm³/mol.